The number of carboxylic acid groups (broad SMARTS) is 1. The van der Waals surface area contributed by atoms with Gasteiger partial charge in [0.25, 0.3) is 6.43 Å². The van der Waals surface area contributed by atoms with Crippen molar-refractivity contribution in [2.75, 3.05) is 0 Å². The number of halogens is 4. The van der Waals surface area contributed by atoms with Crippen LogP contribution in [-0.2, 0) is 11.2 Å². The summed E-state index contributed by atoms with van der Waals surface area (Å²) in [5.41, 5.74) is -0.175. The van der Waals surface area contributed by atoms with Crippen molar-refractivity contribution in [3.8, 4) is 0 Å². The molecule has 0 atom stereocenters. The maximum absolute atomic E-state index is 12.5. The van der Waals surface area contributed by atoms with Gasteiger partial charge in [-0.1, -0.05) is 0 Å². The number of rotatable bonds is 3. The fourth-order valence-electron chi connectivity index (χ4n) is 0.941. The van der Waals surface area contributed by atoms with Crippen LogP contribution in [0.25, 0.3) is 0 Å². The third-order valence-electron chi connectivity index (χ3n) is 1.55. The van der Waals surface area contributed by atoms with Gasteiger partial charge in [-0.05, 0) is 51.2 Å². The van der Waals surface area contributed by atoms with Crippen molar-refractivity contribution < 1.29 is 18.7 Å². The van der Waals surface area contributed by atoms with Gasteiger partial charge < -0.3 is 5.11 Å². The molecule has 0 fully saturated rings. The van der Waals surface area contributed by atoms with Crippen LogP contribution in [0.2, 0.25) is 0 Å². The van der Waals surface area contributed by atoms with Crippen molar-refractivity contribution in [3.05, 3.63) is 24.6 Å². The van der Waals surface area contributed by atoms with E-state index < -0.39 is 12.4 Å². The molecule has 1 aromatic rings. The first kappa shape index (κ1) is 13.0. The smallest absolute Gasteiger partial charge is 0.309 e. The highest BCUT2D eigenvalue weighted by atomic mass is 127. The van der Waals surface area contributed by atoms with Gasteiger partial charge in [0.05, 0.1) is 12.1 Å². The van der Waals surface area contributed by atoms with E-state index in [0.717, 1.165) is 0 Å². The highest BCUT2D eigenvalue weighted by Crippen LogP contribution is 2.25. The van der Waals surface area contributed by atoms with E-state index in [1.807, 2.05) is 22.6 Å². The molecule has 0 aliphatic carbocycles. The molecule has 15 heavy (non-hydrogen) atoms. The fraction of sp³-hybridized carbons (Fsp3) is 0.250. The molecule has 3 nitrogen and oxygen atoms in total. The quantitative estimate of drug-likeness (QED) is 0.738. The van der Waals surface area contributed by atoms with Crippen molar-refractivity contribution in [3.63, 3.8) is 0 Å². The van der Waals surface area contributed by atoms with Gasteiger partial charge in [0.15, 0.2) is 0 Å². The van der Waals surface area contributed by atoms with Gasteiger partial charge >= 0.3 is 5.97 Å². The van der Waals surface area contributed by atoms with Crippen molar-refractivity contribution in [1.29, 1.82) is 0 Å². The van der Waals surface area contributed by atoms with Gasteiger partial charge in [0.2, 0.25) is 0 Å². The topological polar surface area (TPSA) is 50.2 Å². The van der Waals surface area contributed by atoms with Crippen LogP contribution >= 0.6 is 45.2 Å². The third kappa shape index (κ3) is 3.47. The lowest BCUT2D eigenvalue weighted by atomic mass is 10.2. The van der Waals surface area contributed by atoms with Crippen LogP contribution in [0.3, 0.4) is 0 Å². The number of aliphatic carboxylic acids is 1. The van der Waals surface area contributed by atoms with Gasteiger partial charge in [-0.2, -0.15) is 0 Å². The summed E-state index contributed by atoms with van der Waals surface area (Å²) in [5.74, 6) is -1.08. The number of carbonyl (C=O) groups is 1. The molecule has 7 heteroatoms. The number of pyridine rings is 1. The number of alkyl halides is 2. The highest BCUT2D eigenvalue weighted by molar-refractivity contribution is 14.1. The van der Waals surface area contributed by atoms with Gasteiger partial charge in [-0.25, -0.2) is 13.8 Å². The second-order valence-corrected chi connectivity index (χ2v) is 4.98. The molecule has 1 heterocycles. The van der Waals surface area contributed by atoms with E-state index in [1.54, 1.807) is 22.6 Å². The fourth-order valence-corrected chi connectivity index (χ4v) is 2.83. The van der Waals surface area contributed by atoms with Crippen molar-refractivity contribution in [1.82, 2.24) is 4.98 Å². The molecular formula is C8H5F2I2NO2. The highest BCUT2D eigenvalue weighted by Gasteiger charge is 2.17. The molecule has 0 aromatic carbocycles. The van der Waals surface area contributed by atoms with Crippen LogP contribution < -0.4 is 0 Å². The monoisotopic (exact) mass is 439 g/mol. The molecule has 0 spiro atoms. The SMILES string of the molecule is O=C(O)Cc1nc(C(F)F)c(I)cc1I. The Morgan fingerprint density at radius 3 is 2.53 bits per heavy atom. The minimum Gasteiger partial charge on any atom is -0.481 e. The third-order valence-corrected chi connectivity index (χ3v) is 3.35. The molecule has 0 bridgehead atoms. The average Bonchev–Trinajstić information content (AvgIpc) is 2.08. The van der Waals surface area contributed by atoms with E-state index in [4.69, 9.17) is 5.11 Å². The Labute approximate surface area is 112 Å². The van der Waals surface area contributed by atoms with Crippen LogP contribution in [0.15, 0.2) is 6.07 Å². The lowest BCUT2D eigenvalue weighted by Crippen LogP contribution is -2.08. The molecule has 82 valence electrons. The van der Waals surface area contributed by atoms with E-state index in [0.29, 0.717) is 7.14 Å². The summed E-state index contributed by atoms with van der Waals surface area (Å²) in [4.78, 5) is 14.1. The Morgan fingerprint density at radius 1 is 1.47 bits per heavy atom. The maximum Gasteiger partial charge on any atom is 0.309 e. The predicted octanol–water partition coefficient (Wildman–Crippen LogP) is 2.86. The van der Waals surface area contributed by atoms with Gasteiger partial charge in [0.1, 0.15) is 5.69 Å². The number of hydrogen-bond donors (Lipinski definition) is 1. The zero-order valence-electron chi connectivity index (χ0n) is 7.18. The standard InChI is InChI=1S/C8H5F2I2NO2/c9-8(10)7-4(12)1-3(11)5(13-7)2-6(14)15/h1,8H,2H2,(H,14,15). The maximum atomic E-state index is 12.5. The van der Waals surface area contributed by atoms with Crippen molar-refractivity contribution in [2.24, 2.45) is 0 Å². The van der Waals surface area contributed by atoms with Crippen LogP contribution in [-0.4, -0.2) is 16.1 Å². The Hall–Kier alpha value is -0.0600. The van der Waals surface area contributed by atoms with E-state index in [1.165, 1.54) is 6.07 Å². The summed E-state index contributed by atoms with van der Waals surface area (Å²) in [6.07, 6.45) is -3.02. The molecule has 1 rings (SSSR count). The zero-order chi connectivity index (χ0) is 11.6. The molecule has 0 saturated carbocycles. The molecule has 0 aliphatic rings. The second-order valence-electron chi connectivity index (χ2n) is 2.66. The average molecular weight is 439 g/mol. The first-order chi connectivity index (χ1) is 6.91. The Morgan fingerprint density at radius 2 is 2.07 bits per heavy atom. The number of aromatic nitrogens is 1. The normalized spacial score (nSPS) is 10.7. The van der Waals surface area contributed by atoms with E-state index in [9.17, 15) is 13.6 Å². The Balaban J connectivity index is 3.17. The minimum absolute atomic E-state index is 0.179. The van der Waals surface area contributed by atoms with Crippen LogP contribution in [0, 0.1) is 7.14 Å². The van der Waals surface area contributed by atoms with Gasteiger partial charge in [-0.15, -0.1) is 0 Å². The van der Waals surface area contributed by atoms with Crippen LogP contribution in [0.4, 0.5) is 8.78 Å². The van der Waals surface area contributed by atoms with Gasteiger partial charge in [0, 0.05) is 7.14 Å². The van der Waals surface area contributed by atoms with E-state index in [2.05, 4.69) is 4.98 Å². The summed E-state index contributed by atoms with van der Waals surface area (Å²) in [5, 5.41) is 8.56. The molecule has 0 radical (unpaired) electrons. The lowest BCUT2D eigenvalue weighted by molar-refractivity contribution is -0.136. The van der Waals surface area contributed by atoms with Crippen molar-refractivity contribution in [2.45, 2.75) is 12.8 Å². The molecule has 1 aromatic heterocycles. The first-order valence-corrected chi connectivity index (χ1v) is 5.92. The first-order valence-electron chi connectivity index (χ1n) is 3.76. The summed E-state index contributed by atoms with van der Waals surface area (Å²) >= 11 is 3.64. The largest absolute Gasteiger partial charge is 0.481 e. The molecule has 0 unspecified atom stereocenters. The van der Waals surface area contributed by atoms with Gasteiger partial charge in [-0.3, -0.25) is 4.79 Å². The minimum atomic E-state index is -2.68. The second kappa shape index (κ2) is 5.32. The molecule has 1 N–H and O–H groups in total. The number of hydrogen-bond acceptors (Lipinski definition) is 2. The van der Waals surface area contributed by atoms with E-state index >= 15 is 0 Å². The van der Waals surface area contributed by atoms with E-state index in [-0.39, 0.29) is 17.8 Å². The molecular weight excluding hydrogens is 434 g/mol. The summed E-state index contributed by atoms with van der Waals surface area (Å²) in [6, 6.07) is 1.51. The van der Waals surface area contributed by atoms with Crippen molar-refractivity contribution >= 4 is 51.2 Å². The molecule has 0 amide bonds. The zero-order valence-corrected chi connectivity index (χ0v) is 11.5. The summed E-state index contributed by atoms with van der Waals surface area (Å²) in [7, 11) is 0. The lowest BCUT2D eigenvalue weighted by Gasteiger charge is -2.07. The van der Waals surface area contributed by atoms with Crippen LogP contribution in [0.1, 0.15) is 17.8 Å². The number of carboxylic acids is 1. The van der Waals surface area contributed by atoms with Crippen LogP contribution in [0.5, 0.6) is 0 Å². The summed E-state index contributed by atoms with van der Waals surface area (Å²) in [6.45, 7) is 0. The Kier molecular flexibility index (Phi) is 4.62. The predicted molar refractivity (Wildman–Crippen MR) is 66.0 cm³/mol. The number of nitrogens with zero attached hydrogens (tertiary/aromatic N) is 1. The molecule has 0 aliphatic heterocycles. The summed E-state index contributed by atoms with van der Waals surface area (Å²) < 4.78 is 25.9. The molecule has 0 saturated heterocycles. The Bertz CT molecular complexity index is 398.